The molecule has 4 heteroatoms. The van der Waals surface area contributed by atoms with Crippen molar-refractivity contribution >= 4 is 31.9 Å². The highest BCUT2D eigenvalue weighted by Gasteiger charge is 2.49. The average molecular weight is 362 g/mol. The maximum absolute atomic E-state index is 14.3. The Hall–Kier alpha value is -0.480. The first-order chi connectivity index (χ1) is 8.00. The van der Waals surface area contributed by atoms with Crippen LogP contribution in [-0.4, -0.2) is 0 Å². The molecule has 0 aliphatic heterocycles. The Bertz CT molecular complexity index is 559. The van der Waals surface area contributed by atoms with Crippen LogP contribution < -0.4 is 0 Å². The molecule has 0 heterocycles. The summed E-state index contributed by atoms with van der Waals surface area (Å²) in [4.78, 5) is 0. The largest absolute Gasteiger partial charge is 0.295 e. The van der Waals surface area contributed by atoms with Gasteiger partial charge < -0.3 is 0 Å². The number of alkyl halides is 2. The highest BCUT2D eigenvalue weighted by molar-refractivity contribution is 9.12. The Balaban J connectivity index is 2.23. The van der Waals surface area contributed by atoms with Gasteiger partial charge in [0.05, 0.1) is 0 Å². The summed E-state index contributed by atoms with van der Waals surface area (Å²) in [6.07, 6.45) is 4.14. The van der Waals surface area contributed by atoms with Crippen LogP contribution in [0.2, 0.25) is 0 Å². The molecule has 0 spiro atoms. The number of fused-ring (bicyclic) bond motifs is 3. The molecule has 0 nitrogen and oxygen atoms in total. The van der Waals surface area contributed by atoms with Gasteiger partial charge in [-0.15, -0.1) is 0 Å². The van der Waals surface area contributed by atoms with E-state index in [1.807, 2.05) is 12.1 Å². The van der Waals surface area contributed by atoms with Gasteiger partial charge in [0.1, 0.15) is 0 Å². The molecule has 0 saturated carbocycles. The van der Waals surface area contributed by atoms with Gasteiger partial charge in [0.2, 0.25) is 0 Å². The molecular weight excluding hydrogens is 354 g/mol. The standard InChI is InChI=1S/C13H8Br2F2/c14-7-1-3-9-10-4-2-8(15)6-12(10)13(16,17)11(9)5-7/h1-3,5-6,10H,4H2. The highest BCUT2D eigenvalue weighted by atomic mass is 79.9. The number of rotatable bonds is 0. The third kappa shape index (κ3) is 1.65. The second-order valence-corrected chi connectivity index (χ2v) is 6.11. The van der Waals surface area contributed by atoms with Gasteiger partial charge >= 0.3 is 0 Å². The topological polar surface area (TPSA) is 0 Å². The number of halogens is 4. The summed E-state index contributed by atoms with van der Waals surface area (Å²) in [5, 5.41) is 0. The molecule has 0 N–H and O–H groups in total. The van der Waals surface area contributed by atoms with Gasteiger partial charge in [-0.05, 0) is 30.2 Å². The lowest BCUT2D eigenvalue weighted by atomic mass is 9.90. The molecule has 0 radical (unpaired) electrons. The predicted octanol–water partition coefficient (Wildman–Crippen LogP) is 5.25. The van der Waals surface area contributed by atoms with Crippen LogP contribution in [0, 0.1) is 0 Å². The van der Waals surface area contributed by atoms with Gasteiger partial charge in [0.25, 0.3) is 5.92 Å². The van der Waals surface area contributed by atoms with Crippen molar-refractivity contribution in [2.24, 2.45) is 0 Å². The molecule has 2 aliphatic carbocycles. The number of hydrogen-bond acceptors (Lipinski definition) is 0. The average Bonchev–Trinajstić information content (AvgIpc) is 2.49. The van der Waals surface area contributed by atoms with Crippen molar-refractivity contribution < 1.29 is 8.78 Å². The fourth-order valence-corrected chi connectivity index (χ4v) is 3.32. The monoisotopic (exact) mass is 360 g/mol. The number of allylic oxidation sites excluding steroid dienone is 4. The first-order valence-corrected chi connectivity index (χ1v) is 6.84. The van der Waals surface area contributed by atoms with Crippen LogP contribution >= 0.6 is 31.9 Å². The van der Waals surface area contributed by atoms with Crippen LogP contribution in [0.25, 0.3) is 0 Å². The van der Waals surface area contributed by atoms with Crippen molar-refractivity contribution in [3.05, 3.63) is 56.0 Å². The minimum absolute atomic E-state index is 0.138. The molecule has 0 amide bonds. The van der Waals surface area contributed by atoms with Crippen molar-refractivity contribution in [1.29, 1.82) is 0 Å². The molecule has 0 saturated heterocycles. The predicted molar refractivity (Wildman–Crippen MR) is 70.5 cm³/mol. The van der Waals surface area contributed by atoms with E-state index in [-0.39, 0.29) is 17.1 Å². The Kier molecular flexibility index (Phi) is 2.56. The molecule has 0 fully saturated rings. The minimum Gasteiger partial charge on any atom is -0.196 e. The van der Waals surface area contributed by atoms with Crippen molar-refractivity contribution in [3.63, 3.8) is 0 Å². The first-order valence-electron chi connectivity index (χ1n) is 5.25. The third-order valence-corrected chi connectivity index (χ3v) is 4.35. The van der Waals surface area contributed by atoms with E-state index >= 15 is 0 Å². The molecule has 0 aromatic heterocycles. The lowest BCUT2D eigenvalue weighted by Gasteiger charge is -2.19. The summed E-state index contributed by atoms with van der Waals surface area (Å²) < 4.78 is 30.0. The van der Waals surface area contributed by atoms with E-state index in [2.05, 4.69) is 31.9 Å². The summed E-state index contributed by atoms with van der Waals surface area (Å²) in [7, 11) is 0. The van der Waals surface area contributed by atoms with Gasteiger partial charge in [-0.1, -0.05) is 44.0 Å². The molecule has 0 bridgehead atoms. The molecule has 2 aliphatic rings. The summed E-state index contributed by atoms with van der Waals surface area (Å²) in [6, 6.07) is 5.15. The van der Waals surface area contributed by atoms with E-state index < -0.39 is 5.92 Å². The van der Waals surface area contributed by atoms with E-state index in [1.165, 1.54) is 6.07 Å². The van der Waals surface area contributed by atoms with Crippen molar-refractivity contribution in [3.8, 4) is 0 Å². The van der Waals surface area contributed by atoms with Crippen LogP contribution in [0.1, 0.15) is 23.5 Å². The quantitative estimate of drug-likeness (QED) is 0.592. The van der Waals surface area contributed by atoms with Gasteiger partial charge in [-0.25, -0.2) is 0 Å². The van der Waals surface area contributed by atoms with E-state index in [1.54, 1.807) is 12.1 Å². The van der Waals surface area contributed by atoms with E-state index in [4.69, 9.17) is 0 Å². The zero-order valence-corrected chi connectivity index (χ0v) is 11.9. The van der Waals surface area contributed by atoms with E-state index in [0.717, 1.165) is 10.0 Å². The van der Waals surface area contributed by atoms with Gasteiger partial charge in [-0.2, -0.15) is 8.78 Å². The smallest absolute Gasteiger partial charge is 0.196 e. The second kappa shape index (κ2) is 3.75. The summed E-state index contributed by atoms with van der Waals surface area (Å²) >= 11 is 6.53. The Labute approximate surface area is 115 Å². The molecule has 88 valence electrons. The lowest BCUT2D eigenvalue weighted by molar-refractivity contribution is 0.0412. The zero-order valence-electron chi connectivity index (χ0n) is 8.68. The van der Waals surface area contributed by atoms with Crippen LogP contribution in [-0.2, 0) is 5.92 Å². The molecule has 1 unspecified atom stereocenters. The van der Waals surface area contributed by atoms with Crippen LogP contribution in [0.5, 0.6) is 0 Å². The van der Waals surface area contributed by atoms with Crippen LogP contribution in [0.3, 0.4) is 0 Å². The summed E-state index contributed by atoms with van der Waals surface area (Å²) in [5.74, 6) is -3.02. The first kappa shape index (κ1) is 11.6. The van der Waals surface area contributed by atoms with Crippen molar-refractivity contribution in [1.82, 2.24) is 0 Å². The Morgan fingerprint density at radius 2 is 2.00 bits per heavy atom. The molecule has 3 rings (SSSR count). The number of benzene rings is 1. The van der Waals surface area contributed by atoms with Crippen molar-refractivity contribution in [2.75, 3.05) is 0 Å². The highest BCUT2D eigenvalue weighted by Crippen LogP contribution is 2.56. The normalized spacial score (nSPS) is 24.8. The van der Waals surface area contributed by atoms with Crippen LogP contribution in [0.4, 0.5) is 8.78 Å². The molecular formula is C13H8Br2F2. The lowest BCUT2D eigenvalue weighted by Crippen LogP contribution is -2.14. The van der Waals surface area contributed by atoms with Crippen molar-refractivity contribution in [2.45, 2.75) is 18.3 Å². The third-order valence-electron chi connectivity index (χ3n) is 3.31. The fraction of sp³-hybridized carbons (Fsp3) is 0.231. The molecule has 1 aromatic carbocycles. The van der Waals surface area contributed by atoms with Gasteiger partial charge in [0, 0.05) is 26.0 Å². The zero-order chi connectivity index (χ0) is 12.2. The van der Waals surface area contributed by atoms with E-state index in [9.17, 15) is 8.78 Å². The second-order valence-electron chi connectivity index (χ2n) is 4.28. The Morgan fingerprint density at radius 3 is 2.76 bits per heavy atom. The van der Waals surface area contributed by atoms with Gasteiger partial charge in [0.15, 0.2) is 0 Å². The minimum atomic E-state index is -2.85. The molecule has 1 atom stereocenters. The SMILES string of the molecule is FC1(F)C2=CC(Br)=CCC2c2ccc(Br)cc21. The van der Waals surface area contributed by atoms with Crippen LogP contribution in [0.15, 0.2) is 44.9 Å². The fourth-order valence-electron chi connectivity index (χ4n) is 2.53. The number of hydrogen-bond donors (Lipinski definition) is 0. The molecule has 17 heavy (non-hydrogen) atoms. The Morgan fingerprint density at radius 1 is 1.24 bits per heavy atom. The van der Waals surface area contributed by atoms with E-state index in [0.29, 0.717) is 10.9 Å². The summed E-state index contributed by atoms with van der Waals surface area (Å²) in [5.41, 5.74) is 1.10. The maximum Gasteiger partial charge on any atom is 0.295 e. The van der Waals surface area contributed by atoms with Gasteiger partial charge in [-0.3, -0.25) is 0 Å². The molecule has 1 aromatic rings. The maximum atomic E-state index is 14.3. The summed E-state index contributed by atoms with van der Waals surface area (Å²) in [6.45, 7) is 0.